The maximum absolute atomic E-state index is 5.56. The van der Waals surface area contributed by atoms with E-state index in [1.807, 2.05) is 17.5 Å². The molecule has 0 saturated heterocycles. The van der Waals surface area contributed by atoms with Crippen LogP contribution in [0.1, 0.15) is 24.6 Å². The molecule has 0 saturated carbocycles. The van der Waals surface area contributed by atoms with E-state index in [4.69, 9.17) is 4.42 Å². The molecule has 8 heteroatoms. The summed E-state index contributed by atoms with van der Waals surface area (Å²) < 4.78 is 5.56. The fraction of sp³-hybridized carbons (Fsp3) is 0.364. The maximum atomic E-state index is 5.56. The van der Waals surface area contributed by atoms with Crippen molar-refractivity contribution in [2.24, 2.45) is 4.99 Å². The van der Waals surface area contributed by atoms with E-state index >= 15 is 0 Å². The van der Waals surface area contributed by atoms with Crippen molar-refractivity contribution in [2.45, 2.75) is 32.5 Å². The molecule has 2 aromatic heterocycles. The van der Waals surface area contributed by atoms with Gasteiger partial charge in [0, 0.05) is 26.2 Å². The summed E-state index contributed by atoms with van der Waals surface area (Å²) in [5, 5.41) is 8.69. The second-order valence-corrected chi connectivity index (χ2v) is 7.96. The van der Waals surface area contributed by atoms with E-state index in [0.29, 0.717) is 18.5 Å². The van der Waals surface area contributed by atoms with Gasteiger partial charge in [0.1, 0.15) is 6.26 Å². The molecule has 2 N–H and O–H groups in total. The second kappa shape index (κ2) is 12.7. The monoisotopic (exact) mass is 539 g/mol. The van der Waals surface area contributed by atoms with Crippen LogP contribution in [0.4, 0.5) is 0 Å². The number of nitrogens with one attached hydrogen (secondary N) is 2. The van der Waals surface area contributed by atoms with Gasteiger partial charge in [-0.25, -0.2) is 4.98 Å². The number of benzene rings is 1. The van der Waals surface area contributed by atoms with Crippen LogP contribution in [0.25, 0.3) is 10.8 Å². The first kappa shape index (κ1) is 24.4. The summed E-state index contributed by atoms with van der Waals surface area (Å²) in [6.07, 6.45) is 2.71. The van der Waals surface area contributed by atoms with Gasteiger partial charge in [-0.15, -0.1) is 35.3 Å². The number of hydrogen-bond donors (Lipinski definition) is 2. The molecule has 6 nitrogen and oxygen atoms in total. The van der Waals surface area contributed by atoms with Crippen LogP contribution >= 0.6 is 35.3 Å². The third kappa shape index (κ3) is 7.41. The predicted molar refractivity (Wildman–Crippen MR) is 135 cm³/mol. The van der Waals surface area contributed by atoms with Crippen LogP contribution in [-0.4, -0.2) is 42.5 Å². The molecule has 1 aromatic carbocycles. The van der Waals surface area contributed by atoms with Crippen molar-refractivity contribution in [3.05, 3.63) is 65.4 Å². The number of oxazole rings is 1. The molecule has 3 rings (SSSR count). The summed E-state index contributed by atoms with van der Waals surface area (Å²) in [5.74, 6) is 1.43. The van der Waals surface area contributed by atoms with Gasteiger partial charge >= 0.3 is 0 Å². The SMILES string of the molecule is CN=C(NCCC(C)N(C)Cc1ccccc1)NCc1coc(-c2cccs2)n1.I. The van der Waals surface area contributed by atoms with Crippen molar-refractivity contribution in [2.75, 3.05) is 20.6 Å². The van der Waals surface area contributed by atoms with Crippen LogP contribution in [0.2, 0.25) is 0 Å². The molecule has 0 bridgehead atoms. The van der Waals surface area contributed by atoms with Crippen molar-refractivity contribution in [1.29, 1.82) is 0 Å². The van der Waals surface area contributed by atoms with Crippen molar-refractivity contribution >= 4 is 41.3 Å². The zero-order chi connectivity index (χ0) is 20.5. The summed E-state index contributed by atoms with van der Waals surface area (Å²) in [7, 11) is 3.95. The number of aromatic nitrogens is 1. The molecule has 0 aliphatic rings. The van der Waals surface area contributed by atoms with Gasteiger partial charge in [-0.2, -0.15) is 0 Å². The molecule has 0 spiro atoms. The highest BCUT2D eigenvalue weighted by atomic mass is 127. The molecule has 1 unspecified atom stereocenters. The molecule has 30 heavy (non-hydrogen) atoms. The summed E-state index contributed by atoms with van der Waals surface area (Å²) in [5.41, 5.74) is 2.19. The van der Waals surface area contributed by atoms with E-state index in [2.05, 4.69) is 69.8 Å². The molecule has 0 fully saturated rings. The second-order valence-electron chi connectivity index (χ2n) is 7.01. The highest BCUT2D eigenvalue weighted by molar-refractivity contribution is 14.0. The van der Waals surface area contributed by atoms with Gasteiger partial charge in [-0.05, 0) is 37.4 Å². The van der Waals surface area contributed by atoms with Crippen LogP contribution in [0.15, 0.2) is 63.5 Å². The Kier molecular flexibility index (Phi) is 10.3. The Morgan fingerprint density at radius 3 is 2.70 bits per heavy atom. The van der Waals surface area contributed by atoms with E-state index in [1.165, 1.54) is 5.56 Å². The number of hydrogen-bond acceptors (Lipinski definition) is 5. The average molecular weight is 539 g/mol. The fourth-order valence-electron chi connectivity index (χ4n) is 2.94. The highest BCUT2D eigenvalue weighted by Crippen LogP contribution is 2.23. The van der Waals surface area contributed by atoms with Crippen molar-refractivity contribution < 1.29 is 4.42 Å². The topological polar surface area (TPSA) is 65.7 Å². The number of guanidine groups is 1. The minimum absolute atomic E-state index is 0. The molecule has 0 radical (unpaired) electrons. The standard InChI is InChI=1S/C22H29N5OS.HI/c1-17(27(3)15-18-8-5-4-6-9-18)11-12-24-22(23-2)25-14-19-16-28-21(26-19)20-10-7-13-29-20;/h4-10,13,16-17H,11-12,14-15H2,1-3H3,(H2,23,24,25);1H. The Balaban J connectivity index is 0.00000320. The summed E-state index contributed by atoms with van der Waals surface area (Å²) >= 11 is 1.62. The molecular weight excluding hydrogens is 509 g/mol. The molecular formula is C22H30IN5OS. The predicted octanol–water partition coefficient (Wildman–Crippen LogP) is 4.60. The van der Waals surface area contributed by atoms with Gasteiger partial charge in [0.05, 0.1) is 17.1 Å². The van der Waals surface area contributed by atoms with Crippen molar-refractivity contribution in [3.63, 3.8) is 0 Å². The lowest BCUT2D eigenvalue weighted by molar-refractivity contribution is 0.238. The van der Waals surface area contributed by atoms with Gasteiger partial charge < -0.3 is 15.1 Å². The number of nitrogens with zero attached hydrogens (tertiary/aromatic N) is 3. The molecule has 0 amide bonds. The number of aliphatic imine (C=N–C) groups is 1. The zero-order valence-corrected chi connectivity index (χ0v) is 20.8. The van der Waals surface area contributed by atoms with Crippen LogP contribution in [0.5, 0.6) is 0 Å². The molecule has 0 aliphatic carbocycles. The molecule has 162 valence electrons. The number of halogens is 1. The molecule has 2 heterocycles. The van der Waals surface area contributed by atoms with Crippen molar-refractivity contribution in [3.8, 4) is 10.8 Å². The number of rotatable bonds is 9. The molecule has 0 aliphatic heterocycles. The smallest absolute Gasteiger partial charge is 0.236 e. The summed E-state index contributed by atoms with van der Waals surface area (Å²) in [4.78, 5) is 12.2. The van der Waals surface area contributed by atoms with Gasteiger partial charge in [0.2, 0.25) is 5.89 Å². The summed E-state index contributed by atoms with van der Waals surface area (Å²) in [6.45, 7) is 4.62. The first-order chi connectivity index (χ1) is 14.2. The van der Waals surface area contributed by atoms with Crippen LogP contribution in [-0.2, 0) is 13.1 Å². The third-order valence-electron chi connectivity index (χ3n) is 4.83. The Morgan fingerprint density at radius 2 is 2.00 bits per heavy atom. The Morgan fingerprint density at radius 1 is 1.20 bits per heavy atom. The lowest BCUT2D eigenvalue weighted by Crippen LogP contribution is -2.39. The zero-order valence-electron chi connectivity index (χ0n) is 17.7. The first-order valence-electron chi connectivity index (χ1n) is 9.82. The Hall–Kier alpha value is -1.91. The van der Waals surface area contributed by atoms with Gasteiger partial charge in [0.15, 0.2) is 5.96 Å². The largest absolute Gasteiger partial charge is 0.443 e. The van der Waals surface area contributed by atoms with E-state index < -0.39 is 0 Å². The van der Waals surface area contributed by atoms with Gasteiger partial charge in [-0.3, -0.25) is 9.89 Å². The maximum Gasteiger partial charge on any atom is 0.236 e. The first-order valence-corrected chi connectivity index (χ1v) is 10.7. The van der Waals surface area contributed by atoms with Gasteiger partial charge in [-0.1, -0.05) is 36.4 Å². The van der Waals surface area contributed by atoms with Crippen LogP contribution < -0.4 is 10.6 Å². The minimum Gasteiger partial charge on any atom is -0.443 e. The Bertz CT molecular complexity index is 882. The Labute approximate surface area is 199 Å². The molecule has 3 aromatic rings. The van der Waals surface area contributed by atoms with E-state index in [9.17, 15) is 0 Å². The fourth-order valence-corrected chi connectivity index (χ4v) is 3.60. The minimum atomic E-state index is 0. The molecule has 1 atom stereocenters. The van der Waals surface area contributed by atoms with E-state index in [1.54, 1.807) is 24.6 Å². The van der Waals surface area contributed by atoms with E-state index in [0.717, 1.165) is 36.0 Å². The average Bonchev–Trinajstić information content (AvgIpc) is 3.42. The quantitative estimate of drug-likeness (QED) is 0.237. The van der Waals surface area contributed by atoms with Gasteiger partial charge in [0.25, 0.3) is 0 Å². The number of thiophene rings is 1. The van der Waals surface area contributed by atoms with Crippen LogP contribution in [0, 0.1) is 0 Å². The van der Waals surface area contributed by atoms with E-state index in [-0.39, 0.29) is 24.0 Å². The lowest BCUT2D eigenvalue weighted by Gasteiger charge is -2.25. The lowest BCUT2D eigenvalue weighted by atomic mass is 10.1. The van der Waals surface area contributed by atoms with Crippen LogP contribution in [0.3, 0.4) is 0 Å². The third-order valence-corrected chi connectivity index (χ3v) is 5.68. The highest BCUT2D eigenvalue weighted by Gasteiger charge is 2.11. The summed E-state index contributed by atoms with van der Waals surface area (Å²) in [6, 6.07) is 15.0. The normalized spacial score (nSPS) is 12.5. The van der Waals surface area contributed by atoms with Crippen molar-refractivity contribution in [1.82, 2.24) is 20.5 Å².